The fourth-order valence-electron chi connectivity index (χ4n) is 1.47. The fraction of sp³-hybridized carbons (Fsp3) is 0.0667. The maximum Gasteiger partial charge on any atom is 0.321 e. The van der Waals surface area contributed by atoms with Crippen LogP contribution in [0.4, 0.5) is 10.5 Å². The van der Waals surface area contributed by atoms with E-state index in [0.717, 1.165) is 0 Å². The van der Waals surface area contributed by atoms with Crippen LogP contribution in [0.5, 0.6) is 11.5 Å². The maximum atomic E-state index is 10.9. The summed E-state index contributed by atoms with van der Waals surface area (Å²) >= 11 is 11.2. The highest BCUT2D eigenvalue weighted by atomic mass is 35.5. The van der Waals surface area contributed by atoms with Crippen LogP contribution in [0.15, 0.2) is 53.5 Å². The highest BCUT2D eigenvalue weighted by molar-refractivity contribution is 6.63. The second-order valence-electron chi connectivity index (χ2n) is 4.13. The van der Waals surface area contributed by atoms with Crippen molar-refractivity contribution in [1.82, 2.24) is 4.90 Å². The lowest BCUT2D eigenvalue weighted by Crippen LogP contribution is -2.18. The van der Waals surface area contributed by atoms with Crippen molar-refractivity contribution in [2.45, 2.75) is 0 Å². The predicted octanol–water partition coefficient (Wildman–Crippen LogP) is 5.08. The minimum Gasteiger partial charge on any atom is -0.455 e. The van der Waals surface area contributed by atoms with Gasteiger partial charge in [0.1, 0.15) is 11.4 Å². The van der Waals surface area contributed by atoms with Crippen LogP contribution in [0.2, 0.25) is 5.02 Å². The molecule has 0 radical (unpaired) electrons. The molecule has 0 N–H and O–H groups in total. The van der Waals surface area contributed by atoms with Gasteiger partial charge in [-0.25, -0.2) is 4.99 Å². The molecule has 0 aliphatic heterocycles. The van der Waals surface area contributed by atoms with E-state index in [1.807, 2.05) is 12.1 Å². The van der Waals surface area contributed by atoms with E-state index in [9.17, 15) is 4.79 Å². The maximum absolute atomic E-state index is 10.9. The summed E-state index contributed by atoms with van der Waals surface area (Å²) in [6.07, 6.45) is 1.33. The molecule has 0 bridgehead atoms. The molecule has 4 nitrogen and oxygen atoms in total. The van der Waals surface area contributed by atoms with Gasteiger partial charge in [-0.1, -0.05) is 23.7 Å². The van der Waals surface area contributed by atoms with E-state index in [-0.39, 0.29) is 0 Å². The molecule has 2 aromatic rings. The Morgan fingerprint density at radius 1 is 1.19 bits per heavy atom. The lowest BCUT2D eigenvalue weighted by atomic mass is 10.3. The minimum absolute atomic E-state index is 0.562. The zero-order valence-corrected chi connectivity index (χ0v) is 12.7. The average molecular weight is 323 g/mol. The van der Waals surface area contributed by atoms with Crippen molar-refractivity contribution in [1.29, 1.82) is 0 Å². The van der Waals surface area contributed by atoms with Crippen molar-refractivity contribution in [2.75, 3.05) is 7.05 Å². The second-order valence-corrected chi connectivity index (χ2v) is 4.89. The number of halogens is 2. The highest BCUT2D eigenvalue weighted by Gasteiger charge is 2.05. The lowest BCUT2D eigenvalue weighted by molar-refractivity contribution is 0.248. The van der Waals surface area contributed by atoms with Crippen molar-refractivity contribution < 1.29 is 9.53 Å². The van der Waals surface area contributed by atoms with Gasteiger partial charge in [0.15, 0.2) is 5.75 Å². The van der Waals surface area contributed by atoms with E-state index < -0.39 is 5.37 Å². The van der Waals surface area contributed by atoms with Crippen LogP contribution in [-0.4, -0.2) is 23.7 Å². The van der Waals surface area contributed by atoms with Gasteiger partial charge in [-0.2, -0.15) is 0 Å². The molecule has 0 aliphatic carbocycles. The minimum atomic E-state index is -0.616. The van der Waals surface area contributed by atoms with Gasteiger partial charge in [0.2, 0.25) is 0 Å². The van der Waals surface area contributed by atoms with E-state index in [1.54, 1.807) is 36.4 Å². The number of carbonyl (C=O) groups excluding carboxylic acids is 1. The van der Waals surface area contributed by atoms with Crippen LogP contribution < -0.4 is 4.74 Å². The molecule has 0 atom stereocenters. The first-order chi connectivity index (χ1) is 10.1. The Balaban J connectivity index is 2.20. The quantitative estimate of drug-likeness (QED) is 0.341. The SMILES string of the molecule is CN(C=Nc1ccccc1Oc1ccc(Cl)cc1)C(=O)Cl. The summed E-state index contributed by atoms with van der Waals surface area (Å²) in [4.78, 5) is 16.3. The Bertz CT molecular complexity index is 657. The summed E-state index contributed by atoms with van der Waals surface area (Å²) < 4.78 is 5.75. The largest absolute Gasteiger partial charge is 0.455 e. The molecular weight excluding hydrogens is 311 g/mol. The molecule has 21 heavy (non-hydrogen) atoms. The van der Waals surface area contributed by atoms with Crippen molar-refractivity contribution in [3.05, 3.63) is 53.6 Å². The van der Waals surface area contributed by atoms with E-state index in [2.05, 4.69) is 4.99 Å². The van der Waals surface area contributed by atoms with Crippen molar-refractivity contribution in [3.63, 3.8) is 0 Å². The Labute approximate surface area is 132 Å². The zero-order valence-electron chi connectivity index (χ0n) is 11.2. The Hall–Kier alpha value is -2.04. The molecule has 0 aromatic heterocycles. The normalized spacial score (nSPS) is 10.6. The summed E-state index contributed by atoms with van der Waals surface area (Å²) in [5, 5.41) is 0.0192. The predicted molar refractivity (Wildman–Crippen MR) is 85.1 cm³/mol. The van der Waals surface area contributed by atoms with Crippen LogP contribution in [0.1, 0.15) is 0 Å². The van der Waals surface area contributed by atoms with Crippen LogP contribution in [0.3, 0.4) is 0 Å². The third kappa shape index (κ3) is 4.48. The van der Waals surface area contributed by atoms with E-state index in [1.165, 1.54) is 18.3 Å². The number of rotatable bonds is 4. The summed E-state index contributed by atoms with van der Waals surface area (Å²) in [7, 11) is 1.52. The summed E-state index contributed by atoms with van der Waals surface area (Å²) in [6, 6.07) is 14.2. The first-order valence-corrected chi connectivity index (χ1v) is 6.81. The third-order valence-corrected chi connectivity index (χ3v) is 3.07. The molecule has 0 saturated carbocycles. The Kier molecular flexibility index (Phi) is 5.20. The van der Waals surface area contributed by atoms with E-state index in [4.69, 9.17) is 27.9 Å². The first kappa shape index (κ1) is 15.4. The number of carbonyl (C=O) groups is 1. The molecule has 6 heteroatoms. The highest BCUT2D eigenvalue weighted by Crippen LogP contribution is 2.31. The Morgan fingerprint density at radius 2 is 1.86 bits per heavy atom. The smallest absolute Gasteiger partial charge is 0.321 e. The number of aliphatic imine (C=N–C) groups is 1. The molecular formula is C15H12Cl2N2O2. The van der Waals surface area contributed by atoms with Crippen molar-refractivity contribution in [3.8, 4) is 11.5 Å². The lowest BCUT2D eigenvalue weighted by Gasteiger charge is -2.09. The molecule has 0 heterocycles. The van der Waals surface area contributed by atoms with Crippen LogP contribution in [0, 0.1) is 0 Å². The van der Waals surface area contributed by atoms with E-state index in [0.29, 0.717) is 22.2 Å². The number of ether oxygens (including phenoxy) is 1. The molecule has 0 spiro atoms. The first-order valence-electron chi connectivity index (χ1n) is 6.05. The van der Waals surface area contributed by atoms with Crippen LogP contribution in [0.25, 0.3) is 0 Å². The molecule has 0 aliphatic rings. The molecule has 0 unspecified atom stereocenters. The van der Waals surface area contributed by atoms with Gasteiger partial charge < -0.3 is 4.74 Å². The molecule has 1 amide bonds. The number of nitrogens with zero attached hydrogens (tertiary/aromatic N) is 2. The van der Waals surface area contributed by atoms with Gasteiger partial charge in [-0.05, 0) is 48.0 Å². The van der Waals surface area contributed by atoms with Crippen molar-refractivity contribution in [2.24, 2.45) is 4.99 Å². The monoisotopic (exact) mass is 322 g/mol. The number of para-hydroxylation sites is 2. The number of hydrogen-bond acceptors (Lipinski definition) is 3. The molecule has 2 rings (SSSR count). The molecule has 2 aromatic carbocycles. The van der Waals surface area contributed by atoms with Gasteiger partial charge >= 0.3 is 5.37 Å². The van der Waals surface area contributed by atoms with Gasteiger partial charge in [-0.15, -0.1) is 0 Å². The third-order valence-electron chi connectivity index (χ3n) is 2.55. The fourth-order valence-corrected chi connectivity index (χ4v) is 1.64. The van der Waals surface area contributed by atoms with E-state index >= 15 is 0 Å². The summed E-state index contributed by atoms with van der Waals surface area (Å²) in [5.41, 5.74) is 0.581. The van der Waals surface area contributed by atoms with Gasteiger partial charge in [0, 0.05) is 12.1 Å². The van der Waals surface area contributed by atoms with Crippen molar-refractivity contribution >= 4 is 40.6 Å². The molecule has 108 valence electrons. The molecule has 0 fully saturated rings. The second kappa shape index (κ2) is 7.11. The standard InChI is InChI=1S/C15H12Cl2N2O2/c1-19(15(17)20)10-18-13-4-2-3-5-14(13)21-12-8-6-11(16)7-9-12/h2-10H,1H3. The molecule has 0 saturated heterocycles. The van der Waals surface area contributed by atoms with Gasteiger partial charge in [-0.3, -0.25) is 9.69 Å². The van der Waals surface area contributed by atoms with Crippen LogP contribution >= 0.6 is 23.2 Å². The number of benzene rings is 2. The topological polar surface area (TPSA) is 41.9 Å². The van der Waals surface area contributed by atoms with Gasteiger partial charge in [0.25, 0.3) is 0 Å². The number of hydrogen-bond donors (Lipinski definition) is 0. The van der Waals surface area contributed by atoms with Gasteiger partial charge in [0.05, 0.1) is 6.34 Å². The van der Waals surface area contributed by atoms with Crippen LogP contribution in [-0.2, 0) is 0 Å². The summed E-state index contributed by atoms with van der Waals surface area (Å²) in [6.45, 7) is 0. The summed E-state index contributed by atoms with van der Waals surface area (Å²) in [5.74, 6) is 1.20. The average Bonchev–Trinajstić information content (AvgIpc) is 2.48. The zero-order chi connectivity index (χ0) is 15.2. The number of amides is 1. The Morgan fingerprint density at radius 3 is 2.52 bits per heavy atom.